The van der Waals surface area contributed by atoms with Crippen LogP contribution in [0.15, 0.2) is 24.3 Å². The van der Waals surface area contributed by atoms with Gasteiger partial charge in [0.15, 0.2) is 0 Å². The van der Waals surface area contributed by atoms with Gasteiger partial charge in [-0.2, -0.15) is 0 Å². The van der Waals surface area contributed by atoms with Crippen molar-refractivity contribution >= 4 is 11.5 Å². The molecule has 13 heavy (non-hydrogen) atoms. The van der Waals surface area contributed by atoms with Crippen LogP contribution in [0.2, 0.25) is 0 Å². The van der Waals surface area contributed by atoms with Crippen LogP contribution < -0.4 is 4.90 Å². The number of anilines is 1. The zero-order valence-electron chi connectivity index (χ0n) is 8.46. The first kappa shape index (κ1) is 9.78. The van der Waals surface area contributed by atoms with E-state index in [4.69, 9.17) is 5.41 Å². The first-order valence-corrected chi connectivity index (χ1v) is 4.53. The zero-order valence-corrected chi connectivity index (χ0v) is 8.46. The van der Waals surface area contributed by atoms with E-state index in [1.165, 1.54) is 5.56 Å². The van der Waals surface area contributed by atoms with Gasteiger partial charge >= 0.3 is 0 Å². The second-order valence-electron chi connectivity index (χ2n) is 3.19. The lowest BCUT2D eigenvalue weighted by molar-refractivity contribution is 1.12. The molecule has 1 aromatic carbocycles. The van der Waals surface area contributed by atoms with Crippen LogP contribution in [0.3, 0.4) is 0 Å². The largest absolute Gasteiger partial charge is 0.333 e. The molecule has 0 unspecified atom stereocenters. The highest BCUT2D eigenvalue weighted by atomic mass is 15.1. The predicted molar refractivity (Wildman–Crippen MR) is 57.6 cm³/mol. The highest BCUT2D eigenvalue weighted by Crippen LogP contribution is 2.13. The molecule has 1 N–H and O–H groups in total. The molecule has 0 spiro atoms. The molecule has 0 fully saturated rings. The molecule has 0 bridgehead atoms. The number of hydrogen-bond acceptors (Lipinski definition) is 1. The van der Waals surface area contributed by atoms with E-state index in [-0.39, 0.29) is 0 Å². The Labute approximate surface area is 79.7 Å². The summed E-state index contributed by atoms with van der Waals surface area (Å²) >= 11 is 0. The fourth-order valence-corrected chi connectivity index (χ4v) is 1.16. The van der Waals surface area contributed by atoms with Crippen molar-refractivity contribution < 1.29 is 0 Å². The summed E-state index contributed by atoms with van der Waals surface area (Å²) in [4.78, 5) is 1.90. The summed E-state index contributed by atoms with van der Waals surface area (Å²) in [5, 5.41) is 7.66. The van der Waals surface area contributed by atoms with Crippen molar-refractivity contribution in [2.75, 3.05) is 11.9 Å². The number of rotatable bonds is 2. The summed E-state index contributed by atoms with van der Waals surface area (Å²) in [5.74, 6) is 0.642. The average molecular weight is 176 g/mol. The predicted octanol–water partition coefficient (Wildman–Crippen LogP) is 2.82. The van der Waals surface area contributed by atoms with Gasteiger partial charge < -0.3 is 4.90 Å². The van der Waals surface area contributed by atoms with Crippen LogP contribution >= 0.6 is 0 Å². The number of amidine groups is 1. The van der Waals surface area contributed by atoms with Crippen LogP contribution in [-0.2, 0) is 0 Å². The van der Waals surface area contributed by atoms with Crippen molar-refractivity contribution in [1.82, 2.24) is 0 Å². The highest BCUT2D eigenvalue weighted by molar-refractivity contribution is 5.94. The summed E-state index contributed by atoms with van der Waals surface area (Å²) in [6.07, 6.45) is 0.768. The first-order valence-electron chi connectivity index (χ1n) is 4.53. The monoisotopic (exact) mass is 176 g/mol. The normalized spacial score (nSPS) is 9.77. The minimum Gasteiger partial charge on any atom is -0.333 e. The summed E-state index contributed by atoms with van der Waals surface area (Å²) in [6.45, 7) is 4.06. The van der Waals surface area contributed by atoms with Crippen molar-refractivity contribution in [2.45, 2.75) is 20.3 Å². The van der Waals surface area contributed by atoms with Crippen molar-refractivity contribution in [3.8, 4) is 0 Å². The zero-order chi connectivity index (χ0) is 9.84. The van der Waals surface area contributed by atoms with Crippen molar-refractivity contribution in [1.29, 1.82) is 5.41 Å². The average Bonchev–Trinajstić information content (AvgIpc) is 2.17. The molecule has 0 saturated carbocycles. The third-order valence-electron chi connectivity index (χ3n) is 2.16. The molecule has 0 amide bonds. The van der Waals surface area contributed by atoms with Crippen LogP contribution in [0.5, 0.6) is 0 Å². The van der Waals surface area contributed by atoms with Gasteiger partial charge in [0.25, 0.3) is 0 Å². The molecule has 0 saturated heterocycles. The standard InChI is InChI=1S/C11H16N2/c1-4-11(12)13(3)10-7-5-9(2)6-8-10/h5-8,12H,4H2,1-3H3. The van der Waals surface area contributed by atoms with Gasteiger partial charge in [0, 0.05) is 19.2 Å². The molecule has 0 aliphatic heterocycles. The quantitative estimate of drug-likeness (QED) is 0.544. The van der Waals surface area contributed by atoms with Crippen LogP contribution in [-0.4, -0.2) is 12.9 Å². The Morgan fingerprint density at radius 3 is 2.31 bits per heavy atom. The van der Waals surface area contributed by atoms with Gasteiger partial charge in [-0.1, -0.05) is 24.6 Å². The van der Waals surface area contributed by atoms with Gasteiger partial charge in [0.05, 0.1) is 5.84 Å². The lowest BCUT2D eigenvalue weighted by Gasteiger charge is -2.19. The smallest absolute Gasteiger partial charge is 0.0997 e. The summed E-state index contributed by atoms with van der Waals surface area (Å²) in [6, 6.07) is 8.21. The molecule has 70 valence electrons. The summed E-state index contributed by atoms with van der Waals surface area (Å²) < 4.78 is 0. The third kappa shape index (κ3) is 2.31. The number of aryl methyl sites for hydroxylation is 1. The molecule has 2 nitrogen and oxygen atoms in total. The summed E-state index contributed by atoms with van der Waals surface area (Å²) in [5.41, 5.74) is 2.33. The second kappa shape index (κ2) is 4.08. The first-order chi connectivity index (χ1) is 6.15. The van der Waals surface area contributed by atoms with Gasteiger partial charge in [0.2, 0.25) is 0 Å². The molecule has 1 rings (SSSR count). The number of hydrogen-bond donors (Lipinski definition) is 1. The van der Waals surface area contributed by atoms with Crippen molar-refractivity contribution in [3.05, 3.63) is 29.8 Å². The Kier molecular flexibility index (Phi) is 3.07. The van der Waals surface area contributed by atoms with Gasteiger partial charge in [-0.05, 0) is 19.1 Å². The van der Waals surface area contributed by atoms with Crippen LogP contribution in [0.1, 0.15) is 18.9 Å². The van der Waals surface area contributed by atoms with E-state index in [1.54, 1.807) is 0 Å². The van der Waals surface area contributed by atoms with E-state index in [2.05, 4.69) is 19.1 Å². The van der Waals surface area contributed by atoms with E-state index in [0.717, 1.165) is 12.1 Å². The Bertz CT molecular complexity index is 287. The van der Waals surface area contributed by atoms with Crippen LogP contribution in [0.4, 0.5) is 5.69 Å². The van der Waals surface area contributed by atoms with E-state index in [9.17, 15) is 0 Å². The van der Waals surface area contributed by atoms with E-state index in [0.29, 0.717) is 5.84 Å². The lowest BCUT2D eigenvalue weighted by atomic mass is 10.2. The molecular formula is C11H16N2. The lowest BCUT2D eigenvalue weighted by Crippen LogP contribution is -2.24. The second-order valence-corrected chi connectivity index (χ2v) is 3.19. The van der Waals surface area contributed by atoms with Gasteiger partial charge in [0.1, 0.15) is 0 Å². The molecule has 0 aliphatic carbocycles. The number of benzene rings is 1. The van der Waals surface area contributed by atoms with Crippen LogP contribution in [0.25, 0.3) is 0 Å². The SMILES string of the molecule is CCC(=N)N(C)c1ccc(C)cc1. The maximum Gasteiger partial charge on any atom is 0.0997 e. The molecular weight excluding hydrogens is 160 g/mol. The molecule has 1 aromatic rings. The van der Waals surface area contributed by atoms with E-state index < -0.39 is 0 Å². The fourth-order valence-electron chi connectivity index (χ4n) is 1.16. The third-order valence-corrected chi connectivity index (χ3v) is 2.16. The molecule has 2 heteroatoms. The molecule has 0 heterocycles. The Morgan fingerprint density at radius 2 is 1.85 bits per heavy atom. The van der Waals surface area contributed by atoms with Gasteiger partial charge in [-0.25, -0.2) is 0 Å². The Morgan fingerprint density at radius 1 is 1.31 bits per heavy atom. The Hall–Kier alpha value is -1.31. The topological polar surface area (TPSA) is 27.1 Å². The fraction of sp³-hybridized carbons (Fsp3) is 0.364. The van der Waals surface area contributed by atoms with Gasteiger partial charge in [-0.3, -0.25) is 5.41 Å². The minimum absolute atomic E-state index is 0.642. The van der Waals surface area contributed by atoms with Crippen LogP contribution in [0, 0.1) is 12.3 Å². The van der Waals surface area contributed by atoms with Gasteiger partial charge in [-0.15, -0.1) is 0 Å². The van der Waals surface area contributed by atoms with Crippen molar-refractivity contribution in [2.24, 2.45) is 0 Å². The van der Waals surface area contributed by atoms with Crippen molar-refractivity contribution in [3.63, 3.8) is 0 Å². The molecule has 0 aromatic heterocycles. The minimum atomic E-state index is 0.642. The maximum atomic E-state index is 7.66. The maximum absolute atomic E-state index is 7.66. The molecule has 0 aliphatic rings. The number of nitrogens with one attached hydrogen (secondary N) is 1. The van der Waals surface area contributed by atoms with E-state index >= 15 is 0 Å². The van der Waals surface area contributed by atoms with E-state index in [1.807, 2.05) is 31.0 Å². The highest BCUT2D eigenvalue weighted by Gasteiger charge is 2.03. The Balaban J connectivity index is 2.83. The number of nitrogens with zero attached hydrogens (tertiary/aromatic N) is 1. The molecule has 0 radical (unpaired) electrons. The molecule has 0 atom stereocenters. The summed E-state index contributed by atoms with van der Waals surface area (Å²) in [7, 11) is 1.93.